The number of nitrogens with zero attached hydrogens (tertiary/aromatic N) is 2. The van der Waals surface area contributed by atoms with Crippen LogP contribution in [0, 0.1) is 0 Å². The van der Waals surface area contributed by atoms with Crippen molar-refractivity contribution < 1.29 is 27.2 Å². The number of anilines is 2. The molecule has 7 nitrogen and oxygen atoms in total. The van der Waals surface area contributed by atoms with E-state index in [9.17, 15) is 18.0 Å². The Morgan fingerprint density at radius 3 is 2.75 bits per heavy atom. The van der Waals surface area contributed by atoms with Crippen LogP contribution in [-0.2, 0) is 22.3 Å². The third-order valence-electron chi connectivity index (χ3n) is 4.67. The normalized spacial score (nSPS) is 19.6. The Bertz CT molecular complexity index is 858. The third kappa shape index (κ3) is 4.27. The summed E-state index contributed by atoms with van der Waals surface area (Å²) in [5.74, 6) is 0.686. The molecule has 10 heteroatoms. The second-order valence-corrected chi connectivity index (χ2v) is 6.92. The first-order chi connectivity index (χ1) is 13.4. The van der Waals surface area contributed by atoms with Gasteiger partial charge in [0.05, 0.1) is 12.1 Å². The van der Waals surface area contributed by atoms with E-state index in [4.69, 9.17) is 9.26 Å². The Kier molecular flexibility index (Phi) is 4.96. The van der Waals surface area contributed by atoms with Gasteiger partial charge >= 0.3 is 6.18 Å². The second kappa shape index (κ2) is 7.42. The summed E-state index contributed by atoms with van der Waals surface area (Å²) in [6.07, 6.45) is -1.89. The minimum Gasteiger partial charge on any atom is -0.376 e. The summed E-state index contributed by atoms with van der Waals surface area (Å²) in [6.45, 7) is 0.456. The number of carbonyl (C=O) groups is 1. The van der Waals surface area contributed by atoms with E-state index in [2.05, 4.69) is 20.8 Å². The molecular formula is C18H19F3N4O3. The van der Waals surface area contributed by atoms with Crippen molar-refractivity contribution >= 4 is 17.3 Å². The predicted octanol–water partition coefficient (Wildman–Crippen LogP) is 3.70. The highest BCUT2D eigenvalue weighted by Gasteiger charge is 2.34. The molecule has 2 aromatic rings. The van der Waals surface area contributed by atoms with Crippen molar-refractivity contribution in [3.63, 3.8) is 0 Å². The topological polar surface area (TPSA) is 89.3 Å². The van der Waals surface area contributed by atoms with Gasteiger partial charge in [-0.05, 0) is 43.9 Å². The fourth-order valence-electron chi connectivity index (χ4n) is 3.04. The molecule has 150 valence electrons. The molecule has 1 saturated carbocycles. The smallest absolute Gasteiger partial charge is 0.376 e. The number of nitrogens with one attached hydrogen (secondary N) is 2. The van der Waals surface area contributed by atoms with Gasteiger partial charge in [-0.2, -0.15) is 18.2 Å². The summed E-state index contributed by atoms with van der Waals surface area (Å²) in [5, 5.41) is 9.02. The Morgan fingerprint density at radius 2 is 2.07 bits per heavy atom. The maximum atomic E-state index is 13.5. The number of benzene rings is 1. The molecule has 1 aliphatic heterocycles. The van der Waals surface area contributed by atoms with Gasteiger partial charge in [0.1, 0.15) is 6.10 Å². The van der Waals surface area contributed by atoms with Gasteiger partial charge in [-0.25, -0.2) is 0 Å². The summed E-state index contributed by atoms with van der Waals surface area (Å²) in [5.41, 5.74) is -0.958. The average molecular weight is 396 g/mol. The molecule has 1 aromatic heterocycles. The minimum atomic E-state index is -4.60. The zero-order chi connectivity index (χ0) is 19.7. The van der Waals surface area contributed by atoms with E-state index in [0.717, 1.165) is 25.3 Å². The van der Waals surface area contributed by atoms with Crippen molar-refractivity contribution in [2.75, 3.05) is 17.2 Å². The number of amides is 1. The molecule has 1 amide bonds. The number of carbonyl (C=O) groups excluding carboxylic acids is 1. The van der Waals surface area contributed by atoms with Gasteiger partial charge in [-0.1, -0.05) is 5.16 Å². The standard InChI is InChI=1S/C18H19F3N4O3/c19-18(20,21)12-8-11(23-17(26)14-2-1-7-27-14)5-6-13(12)22-9-15-24-16(25-28-15)10-3-4-10/h5-6,8,10,14,22H,1-4,7,9H2,(H,23,26). The lowest BCUT2D eigenvalue weighted by Crippen LogP contribution is -2.27. The van der Waals surface area contributed by atoms with Crippen molar-refractivity contribution in [3.05, 3.63) is 35.5 Å². The van der Waals surface area contributed by atoms with E-state index in [-0.39, 0.29) is 23.8 Å². The number of aromatic nitrogens is 2. The van der Waals surface area contributed by atoms with Gasteiger partial charge < -0.3 is 19.9 Å². The fraction of sp³-hybridized carbons (Fsp3) is 0.500. The van der Waals surface area contributed by atoms with Crippen LogP contribution in [0.2, 0.25) is 0 Å². The average Bonchev–Trinajstić information content (AvgIpc) is 3.16. The highest BCUT2D eigenvalue weighted by Crippen LogP contribution is 2.39. The van der Waals surface area contributed by atoms with Crippen LogP contribution in [0.15, 0.2) is 22.7 Å². The lowest BCUT2D eigenvalue weighted by molar-refractivity contribution is -0.137. The van der Waals surface area contributed by atoms with Crippen LogP contribution >= 0.6 is 0 Å². The van der Waals surface area contributed by atoms with Gasteiger partial charge in [0.2, 0.25) is 5.89 Å². The molecule has 28 heavy (non-hydrogen) atoms. The Hall–Kier alpha value is -2.62. The highest BCUT2D eigenvalue weighted by atomic mass is 19.4. The van der Waals surface area contributed by atoms with E-state index >= 15 is 0 Å². The Morgan fingerprint density at radius 1 is 1.25 bits per heavy atom. The predicted molar refractivity (Wildman–Crippen MR) is 92.6 cm³/mol. The number of hydrogen-bond donors (Lipinski definition) is 2. The molecule has 1 saturated heterocycles. The van der Waals surface area contributed by atoms with Crippen LogP contribution in [-0.4, -0.2) is 28.8 Å². The molecule has 4 rings (SSSR count). The molecule has 2 aliphatic rings. The zero-order valence-electron chi connectivity index (χ0n) is 14.9. The summed E-state index contributed by atoms with van der Waals surface area (Å²) in [7, 11) is 0. The van der Waals surface area contributed by atoms with E-state index < -0.39 is 23.8 Å². The van der Waals surface area contributed by atoms with Crippen LogP contribution in [0.1, 0.15) is 48.9 Å². The highest BCUT2D eigenvalue weighted by molar-refractivity contribution is 5.94. The zero-order valence-corrected chi connectivity index (χ0v) is 14.9. The molecule has 1 aromatic carbocycles. The van der Waals surface area contributed by atoms with E-state index in [1.54, 1.807) is 0 Å². The largest absolute Gasteiger partial charge is 0.418 e. The van der Waals surface area contributed by atoms with Gasteiger partial charge in [-0.3, -0.25) is 4.79 Å². The summed E-state index contributed by atoms with van der Waals surface area (Å²) >= 11 is 0. The van der Waals surface area contributed by atoms with Crippen LogP contribution in [0.5, 0.6) is 0 Å². The number of halogens is 3. The Labute approximate surface area is 158 Å². The molecule has 2 heterocycles. The maximum absolute atomic E-state index is 13.5. The van der Waals surface area contributed by atoms with Crippen molar-refractivity contribution in [2.45, 2.75) is 50.4 Å². The molecule has 1 aliphatic carbocycles. The fourth-order valence-corrected chi connectivity index (χ4v) is 3.04. The number of alkyl halides is 3. The molecule has 1 atom stereocenters. The minimum absolute atomic E-state index is 0.0234. The first-order valence-corrected chi connectivity index (χ1v) is 9.10. The molecule has 0 bridgehead atoms. The number of rotatable bonds is 6. The lowest BCUT2D eigenvalue weighted by Gasteiger charge is -2.16. The van der Waals surface area contributed by atoms with E-state index in [0.29, 0.717) is 24.8 Å². The summed E-state index contributed by atoms with van der Waals surface area (Å²) < 4.78 is 50.8. The van der Waals surface area contributed by atoms with Gasteiger partial charge in [0.15, 0.2) is 5.82 Å². The van der Waals surface area contributed by atoms with Crippen molar-refractivity contribution in [1.29, 1.82) is 0 Å². The SMILES string of the molecule is O=C(Nc1ccc(NCc2nc(C3CC3)no2)c(C(F)(F)F)c1)C1CCCO1. The molecule has 0 spiro atoms. The van der Waals surface area contributed by atoms with E-state index in [1.807, 2.05) is 0 Å². The third-order valence-corrected chi connectivity index (χ3v) is 4.67. The van der Waals surface area contributed by atoms with Crippen LogP contribution in [0.3, 0.4) is 0 Å². The first kappa shape index (κ1) is 18.7. The molecule has 2 N–H and O–H groups in total. The van der Waals surface area contributed by atoms with Crippen LogP contribution in [0.4, 0.5) is 24.5 Å². The van der Waals surface area contributed by atoms with Gasteiger partial charge in [0.25, 0.3) is 5.91 Å². The Balaban J connectivity index is 1.46. The van der Waals surface area contributed by atoms with Crippen molar-refractivity contribution in [2.24, 2.45) is 0 Å². The molecule has 0 radical (unpaired) electrons. The number of ether oxygens (including phenoxy) is 1. The number of hydrogen-bond acceptors (Lipinski definition) is 6. The van der Waals surface area contributed by atoms with Crippen LogP contribution in [0.25, 0.3) is 0 Å². The molecular weight excluding hydrogens is 377 g/mol. The maximum Gasteiger partial charge on any atom is 0.418 e. The van der Waals surface area contributed by atoms with Crippen molar-refractivity contribution in [1.82, 2.24) is 10.1 Å². The van der Waals surface area contributed by atoms with Crippen molar-refractivity contribution in [3.8, 4) is 0 Å². The van der Waals surface area contributed by atoms with Gasteiger partial charge in [0, 0.05) is 23.9 Å². The monoisotopic (exact) mass is 396 g/mol. The summed E-state index contributed by atoms with van der Waals surface area (Å²) in [4.78, 5) is 16.3. The molecule has 1 unspecified atom stereocenters. The quantitative estimate of drug-likeness (QED) is 0.774. The lowest BCUT2D eigenvalue weighted by atomic mass is 10.1. The first-order valence-electron chi connectivity index (χ1n) is 9.10. The second-order valence-electron chi connectivity index (χ2n) is 6.92. The van der Waals surface area contributed by atoms with Crippen LogP contribution < -0.4 is 10.6 Å². The van der Waals surface area contributed by atoms with E-state index in [1.165, 1.54) is 12.1 Å². The summed E-state index contributed by atoms with van der Waals surface area (Å²) in [6, 6.07) is 3.58. The van der Waals surface area contributed by atoms with Gasteiger partial charge in [-0.15, -0.1) is 0 Å². The molecule has 2 fully saturated rings.